The molecular weight excluding hydrogens is 256 g/mol. The highest BCUT2D eigenvalue weighted by Gasteiger charge is 2.59. The van der Waals surface area contributed by atoms with Crippen LogP contribution in [0, 0.1) is 5.41 Å². The Kier molecular flexibility index (Phi) is 3.10. The van der Waals surface area contributed by atoms with Gasteiger partial charge in [0.1, 0.15) is 5.60 Å². The highest BCUT2D eigenvalue weighted by Crippen LogP contribution is 2.55. The fourth-order valence-corrected chi connectivity index (χ4v) is 2.94. The van der Waals surface area contributed by atoms with E-state index in [2.05, 4.69) is 0 Å². The monoisotopic (exact) mass is 275 g/mol. The van der Waals surface area contributed by atoms with Gasteiger partial charge < -0.3 is 9.64 Å². The highest BCUT2D eigenvalue weighted by atomic mass is 19.3. The number of hydrogen-bond acceptors (Lipinski definition) is 3. The van der Waals surface area contributed by atoms with Crippen LogP contribution in [-0.2, 0) is 9.53 Å². The predicted molar refractivity (Wildman–Crippen MR) is 64.0 cm³/mol. The normalized spacial score (nSPS) is 25.1. The summed E-state index contributed by atoms with van der Waals surface area (Å²) < 4.78 is 31.3. The van der Waals surface area contributed by atoms with E-state index in [0.717, 1.165) is 0 Å². The largest absolute Gasteiger partial charge is 0.444 e. The Morgan fingerprint density at radius 3 is 2.37 bits per heavy atom. The number of alkyl halides is 2. The zero-order valence-electron chi connectivity index (χ0n) is 11.5. The Labute approximate surface area is 111 Å². The van der Waals surface area contributed by atoms with Crippen LogP contribution in [0.1, 0.15) is 40.0 Å². The molecule has 0 atom stereocenters. The lowest BCUT2D eigenvalue weighted by Crippen LogP contribution is -2.59. The maximum atomic E-state index is 13.0. The molecular formula is C13H19F2NO3. The molecule has 0 aromatic heterocycles. The molecule has 0 unspecified atom stereocenters. The SMILES string of the molecule is CC(C)(C)OC(=O)N1CC(=O)CC2(C1)CC(F)(F)C2. The summed E-state index contributed by atoms with van der Waals surface area (Å²) in [6, 6.07) is 0. The number of rotatable bonds is 0. The third-order valence-corrected chi connectivity index (χ3v) is 3.38. The van der Waals surface area contributed by atoms with Crippen LogP contribution in [0.15, 0.2) is 0 Å². The second kappa shape index (κ2) is 4.15. The van der Waals surface area contributed by atoms with Crippen LogP contribution in [0.4, 0.5) is 13.6 Å². The number of ketones is 1. The van der Waals surface area contributed by atoms with Gasteiger partial charge in [0.2, 0.25) is 5.92 Å². The molecule has 4 nitrogen and oxygen atoms in total. The number of hydrogen-bond donors (Lipinski definition) is 0. The average Bonchev–Trinajstić information content (AvgIpc) is 2.09. The summed E-state index contributed by atoms with van der Waals surface area (Å²) in [5.74, 6) is -2.87. The number of Topliss-reactive ketones (excluding diaryl/α,β-unsaturated/α-hetero) is 1. The van der Waals surface area contributed by atoms with Gasteiger partial charge >= 0.3 is 6.09 Å². The standard InChI is InChI=1S/C13H19F2NO3/c1-11(2,3)19-10(18)16-5-9(17)4-12(8-16)6-13(14,15)7-12/h4-8H2,1-3H3. The van der Waals surface area contributed by atoms with Gasteiger partial charge in [0.05, 0.1) is 6.54 Å². The second-order valence-electron chi connectivity index (χ2n) is 6.76. The highest BCUT2D eigenvalue weighted by molar-refractivity contribution is 5.86. The minimum Gasteiger partial charge on any atom is -0.444 e. The molecule has 108 valence electrons. The van der Waals surface area contributed by atoms with Crippen LogP contribution < -0.4 is 0 Å². The molecule has 0 radical (unpaired) electrons. The zero-order chi connectivity index (χ0) is 14.5. The van der Waals surface area contributed by atoms with E-state index in [1.165, 1.54) is 4.90 Å². The van der Waals surface area contributed by atoms with E-state index >= 15 is 0 Å². The summed E-state index contributed by atoms with van der Waals surface area (Å²) >= 11 is 0. The molecule has 1 heterocycles. The molecule has 0 aromatic carbocycles. The Bertz CT molecular complexity index is 407. The van der Waals surface area contributed by atoms with E-state index in [0.29, 0.717) is 0 Å². The molecule has 1 aliphatic heterocycles. The molecule has 2 rings (SSSR count). The van der Waals surface area contributed by atoms with Crippen LogP contribution in [0.3, 0.4) is 0 Å². The second-order valence-corrected chi connectivity index (χ2v) is 6.76. The molecule has 2 aliphatic rings. The summed E-state index contributed by atoms with van der Waals surface area (Å²) in [5, 5.41) is 0. The van der Waals surface area contributed by atoms with E-state index < -0.39 is 23.0 Å². The molecule has 0 N–H and O–H groups in total. The van der Waals surface area contributed by atoms with Crippen molar-refractivity contribution < 1.29 is 23.1 Å². The lowest BCUT2D eigenvalue weighted by Gasteiger charge is -2.51. The molecule has 1 saturated heterocycles. The van der Waals surface area contributed by atoms with Crippen molar-refractivity contribution in [1.29, 1.82) is 0 Å². The topological polar surface area (TPSA) is 46.6 Å². The minimum atomic E-state index is -2.70. The van der Waals surface area contributed by atoms with Gasteiger partial charge in [-0.2, -0.15) is 0 Å². The van der Waals surface area contributed by atoms with Gasteiger partial charge in [-0.05, 0) is 20.8 Å². The van der Waals surface area contributed by atoms with Crippen molar-refractivity contribution in [3.63, 3.8) is 0 Å². The molecule has 2 fully saturated rings. The lowest BCUT2D eigenvalue weighted by molar-refractivity contribution is -0.181. The van der Waals surface area contributed by atoms with E-state index in [1.807, 2.05) is 0 Å². The summed E-state index contributed by atoms with van der Waals surface area (Å²) in [7, 11) is 0. The van der Waals surface area contributed by atoms with Gasteiger partial charge in [-0.3, -0.25) is 4.79 Å². The number of piperidine rings is 1. The minimum absolute atomic E-state index is 0.0394. The Morgan fingerprint density at radius 1 is 1.32 bits per heavy atom. The first-order valence-corrected chi connectivity index (χ1v) is 6.38. The van der Waals surface area contributed by atoms with E-state index in [-0.39, 0.29) is 38.1 Å². The maximum absolute atomic E-state index is 13.0. The average molecular weight is 275 g/mol. The van der Waals surface area contributed by atoms with Crippen molar-refractivity contribution in [2.45, 2.75) is 51.6 Å². The fraction of sp³-hybridized carbons (Fsp3) is 0.846. The third-order valence-electron chi connectivity index (χ3n) is 3.38. The van der Waals surface area contributed by atoms with Crippen molar-refractivity contribution >= 4 is 11.9 Å². The predicted octanol–water partition coefficient (Wildman–Crippen LogP) is 2.61. The van der Waals surface area contributed by atoms with Crippen LogP contribution >= 0.6 is 0 Å². The molecule has 1 amide bonds. The van der Waals surface area contributed by atoms with Gasteiger partial charge in [-0.15, -0.1) is 0 Å². The van der Waals surface area contributed by atoms with Crippen molar-refractivity contribution in [3.05, 3.63) is 0 Å². The number of ether oxygens (including phenoxy) is 1. The molecule has 19 heavy (non-hydrogen) atoms. The summed E-state index contributed by atoms with van der Waals surface area (Å²) in [6.45, 7) is 5.32. The number of likely N-dealkylation sites (tertiary alicyclic amines) is 1. The van der Waals surface area contributed by atoms with Gasteiger partial charge in [-0.1, -0.05) is 0 Å². The van der Waals surface area contributed by atoms with Crippen LogP contribution in [0.2, 0.25) is 0 Å². The number of carbonyl (C=O) groups is 2. The van der Waals surface area contributed by atoms with Crippen molar-refractivity contribution in [3.8, 4) is 0 Å². The number of halogens is 2. The van der Waals surface area contributed by atoms with Gasteiger partial charge in [0.15, 0.2) is 5.78 Å². The lowest BCUT2D eigenvalue weighted by atomic mass is 9.62. The van der Waals surface area contributed by atoms with Crippen molar-refractivity contribution in [1.82, 2.24) is 4.90 Å². The Morgan fingerprint density at radius 2 is 1.89 bits per heavy atom. The molecule has 0 bridgehead atoms. The summed E-state index contributed by atoms with van der Waals surface area (Å²) in [4.78, 5) is 24.8. The summed E-state index contributed by atoms with van der Waals surface area (Å²) in [6.07, 6.45) is -1.09. The summed E-state index contributed by atoms with van der Waals surface area (Å²) in [5.41, 5.74) is -1.40. The van der Waals surface area contributed by atoms with Gasteiger partial charge in [-0.25, -0.2) is 13.6 Å². The van der Waals surface area contributed by atoms with E-state index in [4.69, 9.17) is 4.74 Å². The first kappa shape index (κ1) is 14.2. The van der Waals surface area contributed by atoms with E-state index in [1.54, 1.807) is 20.8 Å². The molecule has 1 saturated carbocycles. The van der Waals surface area contributed by atoms with Gasteiger partial charge in [0.25, 0.3) is 0 Å². The smallest absolute Gasteiger partial charge is 0.410 e. The van der Waals surface area contributed by atoms with Crippen molar-refractivity contribution in [2.24, 2.45) is 5.41 Å². The Hall–Kier alpha value is -1.20. The third kappa shape index (κ3) is 3.22. The molecule has 6 heteroatoms. The van der Waals surface area contributed by atoms with Gasteiger partial charge in [0, 0.05) is 31.2 Å². The number of nitrogens with zero attached hydrogens (tertiary/aromatic N) is 1. The van der Waals surface area contributed by atoms with Crippen molar-refractivity contribution in [2.75, 3.05) is 13.1 Å². The fourth-order valence-electron chi connectivity index (χ4n) is 2.94. The van der Waals surface area contributed by atoms with E-state index in [9.17, 15) is 18.4 Å². The van der Waals surface area contributed by atoms with Crippen LogP contribution in [0.5, 0.6) is 0 Å². The number of amides is 1. The quantitative estimate of drug-likeness (QED) is 0.682. The number of carbonyl (C=O) groups excluding carboxylic acids is 2. The molecule has 1 spiro atoms. The maximum Gasteiger partial charge on any atom is 0.410 e. The molecule has 1 aliphatic carbocycles. The Balaban J connectivity index is 2.03. The molecule has 0 aromatic rings. The zero-order valence-corrected chi connectivity index (χ0v) is 11.5. The first-order chi connectivity index (χ1) is 8.50. The van der Waals surface area contributed by atoms with Crippen LogP contribution in [0.25, 0.3) is 0 Å². The van der Waals surface area contributed by atoms with Crippen LogP contribution in [-0.4, -0.2) is 41.4 Å². The first-order valence-electron chi connectivity index (χ1n) is 6.38.